The standard InChI is InChI=1S/C13H14N4O/c14-9-3-4-12(10(7-9)13(15)18)17-6-5-11(16-17)8-1-2-8/h3-8H,1-2,14H2,(H2,15,18). The number of carbonyl (C=O) groups excluding carboxylic acids is 1. The van der Waals surface area contributed by atoms with Gasteiger partial charge in [0.05, 0.1) is 16.9 Å². The number of nitrogens with two attached hydrogens (primary N) is 2. The Balaban J connectivity index is 2.06. The molecule has 3 rings (SSSR count). The van der Waals surface area contributed by atoms with Crippen LogP contribution in [0.3, 0.4) is 0 Å². The minimum Gasteiger partial charge on any atom is -0.399 e. The van der Waals surface area contributed by atoms with Crippen LogP contribution in [0, 0.1) is 0 Å². The summed E-state index contributed by atoms with van der Waals surface area (Å²) in [7, 11) is 0. The lowest BCUT2D eigenvalue weighted by atomic mass is 10.1. The normalized spacial score (nSPS) is 14.7. The van der Waals surface area contributed by atoms with Crippen molar-refractivity contribution in [3.63, 3.8) is 0 Å². The van der Waals surface area contributed by atoms with Gasteiger partial charge in [-0.15, -0.1) is 0 Å². The maximum atomic E-state index is 11.4. The van der Waals surface area contributed by atoms with Gasteiger partial charge in [-0.2, -0.15) is 5.10 Å². The van der Waals surface area contributed by atoms with Crippen molar-refractivity contribution >= 4 is 11.6 Å². The molecule has 0 bridgehead atoms. The number of benzene rings is 1. The first-order valence-corrected chi connectivity index (χ1v) is 5.90. The van der Waals surface area contributed by atoms with Crippen molar-refractivity contribution in [3.05, 3.63) is 41.7 Å². The predicted molar refractivity (Wildman–Crippen MR) is 68.5 cm³/mol. The number of aromatic nitrogens is 2. The lowest BCUT2D eigenvalue weighted by Crippen LogP contribution is -2.15. The number of nitrogen functional groups attached to an aromatic ring is 1. The van der Waals surface area contributed by atoms with Crippen molar-refractivity contribution < 1.29 is 4.79 Å². The topological polar surface area (TPSA) is 86.9 Å². The van der Waals surface area contributed by atoms with Gasteiger partial charge in [-0.1, -0.05) is 0 Å². The van der Waals surface area contributed by atoms with Crippen LogP contribution in [0.15, 0.2) is 30.5 Å². The van der Waals surface area contributed by atoms with E-state index in [-0.39, 0.29) is 0 Å². The summed E-state index contributed by atoms with van der Waals surface area (Å²) < 4.78 is 1.69. The Bertz CT molecular complexity index is 613. The molecule has 0 unspecified atom stereocenters. The van der Waals surface area contributed by atoms with Gasteiger partial charge in [0, 0.05) is 17.8 Å². The van der Waals surface area contributed by atoms with Gasteiger partial charge in [0.1, 0.15) is 0 Å². The quantitative estimate of drug-likeness (QED) is 0.798. The zero-order valence-corrected chi connectivity index (χ0v) is 9.84. The van der Waals surface area contributed by atoms with E-state index in [1.54, 1.807) is 22.9 Å². The van der Waals surface area contributed by atoms with Crippen LogP contribution < -0.4 is 11.5 Å². The monoisotopic (exact) mass is 242 g/mol. The molecule has 0 saturated heterocycles. The number of anilines is 1. The summed E-state index contributed by atoms with van der Waals surface area (Å²) in [5, 5.41) is 4.48. The molecule has 4 N–H and O–H groups in total. The molecule has 0 atom stereocenters. The second kappa shape index (κ2) is 3.87. The van der Waals surface area contributed by atoms with Gasteiger partial charge in [0.2, 0.25) is 0 Å². The smallest absolute Gasteiger partial charge is 0.250 e. The van der Waals surface area contributed by atoms with Crippen LogP contribution >= 0.6 is 0 Å². The molecule has 1 aromatic carbocycles. The molecule has 2 aromatic rings. The zero-order valence-electron chi connectivity index (χ0n) is 9.84. The summed E-state index contributed by atoms with van der Waals surface area (Å²) in [6.07, 6.45) is 4.24. The fraction of sp³-hybridized carbons (Fsp3) is 0.231. The first-order valence-electron chi connectivity index (χ1n) is 5.90. The van der Waals surface area contributed by atoms with Crippen molar-refractivity contribution in [1.29, 1.82) is 0 Å². The lowest BCUT2D eigenvalue weighted by Gasteiger charge is -2.07. The van der Waals surface area contributed by atoms with Gasteiger partial charge in [0.15, 0.2) is 0 Å². The van der Waals surface area contributed by atoms with E-state index in [0.29, 0.717) is 22.9 Å². The lowest BCUT2D eigenvalue weighted by molar-refractivity contribution is 0.1000. The Morgan fingerprint density at radius 3 is 2.78 bits per heavy atom. The van der Waals surface area contributed by atoms with Crippen molar-refractivity contribution in [1.82, 2.24) is 9.78 Å². The second-order valence-electron chi connectivity index (χ2n) is 4.60. The molecule has 18 heavy (non-hydrogen) atoms. The Hall–Kier alpha value is -2.30. The van der Waals surface area contributed by atoms with Gasteiger partial charge < -0.3 is 11.5 Å². The highest BCUT2D eigenvalue weighted by atomic mass is 16.1. The van der Waals surface area contributed by atoms with Crippen LogP contribution in [0.4, 0.5) is 5.69 Å². The Morgan fingerprint density at radius 1 is 1.33 bits per heavy atom. The molecule has 1 aromatic heterocycles. The summed E-state index contributed by atoms with van der Waals surface area (Å²) in [4.78, 5) is 11.4. The first kappa shape index (κ1) is 10.8. The summed E-state index contributed by atoms with van der Waals surface area (Å²) in [6, 6.07) is 7.06. The zero-order chi connectivity index (χ0) is 12.7. The van der Waals surface area contributed by atoms with Gasteiger partial charge in [-0.25, -0.2) is 4.68 Å². The highest BCUT2D eigenvalue weighted by molar-refractivity contribution is 5.97. The summed E-state index contributed by atoms with van der Waals surface area (Å²) >= 11 is 0. The van der Waals surface area contributed by atoms with E-state index in [9.17, 15) is 4.79 Å². The minimum atomic E-state index is -0.499. The first-order chi connectivity index (χ1) is 8.65. The number of nitrogens with zero attached hydrogens (tertiary/aromatic N) is 2. The van der Waals surface area contributed by atoms with Crippen molar-refractivity contribution in [2.45, 2.75) is 18.8 Å². The molecule has 5 heteroatoms. The third-order valence-corrected chi connectivity index (χ3v) is 3.14. The SMILES string of the molecule is NC(=O)c1cc(N)ccc1-n1ccc(C2CC2)n1. The van der Waals surface area contributed by atoms with E-state index in [0.717, 1.165) is 5.69 Å². The molecular weight excluding hydrogens is 228 g/mol. The van der Waals surface area contributed by atoms with Gasteiger partial charge in [0.25, 0.3) is 5.91 Å². The molecule has 0 radical (unpaired) electrons. The molecule has 1 heterocycles. The molecule has 1 saturated carbocycles. The number of hydrogen-bond donors (Lipinski definition) is 2. The summed E-state index contributed by atoms with van der Waals surface area (Å²) in [6.45, 7) is 0. The van der Waals surface area contributed by atoms with E-state index < -0.39 is 5.91 Å². The molecule has 0 spiro atoms. The second-order valence-corrected chi connectivity index (χ2v) is 4.60. The van der Waals surface area contributed by atoms with E-state index in [2.05, 4.69) is 5.10 Å². The number of hydrogen-bond acceptors (Lipinski definition) is 3. The van der Waals surface area contributed by atoms with E-state index in [1.165, 1.54) is 12.8 Å². The molecular formula is C13H14N4O. The average Bonchev–Trinajstić information content (AvgIpc) is 3.08. The molecule has 1 amide bonds. The van der Waals surface area contributed by atoms with Gasteiger partial charge in [-0.05, 0) is 37.1 Å². The van der Waals surface area contributed by atoms with E-state index >= 15 is 0 Å². The molecule has 1 fully saturated rings. The number of carbonyl (C=O) groups is 1. The Kier molecular flexibility index (Phi) is 2.33. The maximum absolute atomic E-state index is 11.4. The molecule has 5 nitrogen and oxygen atoms in total. The van der Waals surface area contributed by atoms with E-state index in [1.807, 2.05) is 12.3 Å². The predicted octanol–water partition coefficient (Wildman–Crippen LogP) is 1.43. The van der Waals surface area contributed by atoms with Crippen LogP contribution in [0.5, 0.6) is 0 Å². The molecule has 92 valence electrons. The highest BCUT2D eigenvalue weighted by Crippen LogP contribution is 2.39. The van der Waals surface area contributed by atoms with Crippen LogP contribution in [-0.4, -0.2) is 15.7 Å². The molecule has 1 aliphatic carbocycles. The van der Waals surface area contributed by atoms with Crippen LogP contribution in [0.25, 0.3) is 5.69 Å². The van der Waals surface area contributed by atoms with Crippen molar-refractivity contribution in [2.75, 3.05) is 5.73 Å². The number of amides is 1. The minimum absolute atomic E-state index is 0.389. The largest absolute Gasteiger partial charge is 0.399 e. The average molecular weight is 242 g/mol. The Morgan fingerprint density at radius 2 is 2.11 bits per heavy atom. The molecule has 0 aliphatic heterocycles. The third-order valence-electron chi connectivity index (χ3n) is 3.14. The fourth-order valence-corrected chi connectivity index (χ4v) is 2.02. The molecule has 1 aliphatic rings. The highest BCUT2D eigenvalue weighted by Gasteiger charge is 2.26. The number of primary amides is 1. The van der Waals surface area contributed by atoms with E-state index in [4.69, 9.17) is 11.5 Å². The van der Waals surface area contributed by atoms with Crippen LogP contribution in [0.1, 0.15) is 34.8 Å². The number of rotatable bonds is 3. The van der Waals surface area contributed by atoms with Crippen molar-refractivity contribution in [2.24, 2.45) is 5.73 Å². The Labute approximate surface area is 104 Å². The van der Waals surface area contributed by atoms with Crippen LogP contribution in [0.2, 0.25) is 0 Å². The van der Waals surface area contributed by atoms with Gasteiger partial charge >= 0.3 is 0 Å². The van der Waals surface area contributed by atoms with Gasteiger partial charge in [-0.3, -0.25) is 4.79 Å². The maximum Gasteiger partial charge on any atom is 0.250 e. The summed E-state index contributed by atoms with van der Waals surface area (Å²) in [5.74, 6) is 0.0813. The summed E-state index contributed by atoms with van der Waals surface area (Å²) in [5.41, 5.74) is 13.7. The van der Waals surface area contributed by atoms with Crippen molar-refractivity contribution in [3.8, 4) is 5.69 Å². The third kappa shape index (κ3) is 1.84. The fourth-order valence-electron chi connectivity index (χ4n) is 2.02. The van der Waals surface area contributed by atoms with Crippen LogP contribution in [-0.2, 0) is 0 Å².